The number of thiophene rings is 1. The lowest BCUT2D eigenvalue weighted by Gasteiger charge is -2.26. The summed E-state index contributed by atoms with van der Waals surface area (Å²) in [7, 11) is 1.75. The van der Waals surface area contributed by atoms with Gasteiger partial charge in [-0.2, -0.15) is 0 Å². The maximum absolute atomic E-state index is 12.6. The van der Waals surface area contributed by atoms with Crippen molar-refractivity contribution >= 4 is 54.9 Å². The van der Waals surface area contributed by atoms with Crippen LogP contribution in [0.5, 0.6) is 0 Å². The molecule has 2 N–H and O–H groups in total. The van der Waals surface area contributed by atoms with Crippen molar-refractivity contribution in [1.82, 2.24) is 14.9 Å². The molecule has 8 heteroatoms. The maximum atomic E-state index is 12.6. The van der Waals surface area contributed by atoms with Gasteiger partial charge in [-0.25, -0.2) is 9.97 Å². The highest BCUT2D eigenvalue weighted by molar-refractivity contribution is 9.10. The number of amides is 1. The molecule has 28 heavy (non-hydrogen) atoms. The Hall–Kier alpha value is -2.03. The highest BCUT2D eigenvalue weighted by atomic mass is 79.9. The van der Waals surface area contributed by atoms with Crippen LogP contribution in [0.4, 0.5) is 11.5 Å². The van der Waals surface area contributed by atoms with Gasteiger partial charge < -0.3 is 15.3 Å². The molecule has 1 atom stereocenters. The number of carbonyl (C=O) groups is 1. The van der Waals surface area contributed by atoms with Gasteiger partial charge in [0.25, 0.3) is 0 Å². The van der Waals surface area contributed by atoms with E-state index in [1.54, 1.807) is 29.6 Å². The summed E-state index contributed by atoms with van der Waals surface area (Å²) in [5.74, 6) is 0.880. The third kappa shape index (κ3) is 3.76. The predicted molar refractivity (Wildman–Crippen MR) is 115 cm³/mol. The Morgan fingerprint density at radius 2 is 2.29 bits per heavy atom. The number of aliphatic hydroxyl groups excluding tert-OH is 1. The van der Waals surface area contributed by atoms with Gasteiger partial charge in [-0.3, -0.25) is 4.79 Å². The lowest BCUT2D eigenvalue weighted by molar-refractivity contribution is -0.135. The molecule has 0 saturated carbocycles. The number of benzene rings is 1. The van der Waals surface area contributed by atoms with E-state index in [1.165, 1.54) is 10.4 Å². The maximum Gasteiger partial charge on any atom is 0.225 e. The molecule has 0 bridgehead atoms. The van der Waals surface area contributed by atoms with Gasteiger partial charge in [0.2, 0.25) is 5.91 Å². The minimum absolute atomic E-state index is 0.0106. The second-order valence-corrected chi connectivity index (χ2v) is 8.96. The van der Waals surface area contributed by atoms with Gasteiger partial charge in [-0.05, 0) is 43.0 Å². The van der Waals surface area contributed by atoms with E-state index >= 15 is 0 Å². The van der Waals surface area contributed by atoms with E-state index < -0.39 is 0 Å². The summed E-state index contributed by atoms with van der Waals surface area (Å²) >= 11 is 5.15. The topological polar surface area (TPSA) is 78.3 Å². The summed E-state index contributed by atoms with van der Waals surface area (Å²) in [6.07, 6.45) is 3.95. The average Bonchev–Trinajstić information content (AvgIpc) is 3.06. The van der Waals surface area contributed by atoms with Gasteiger partial charge in [0.1, 0.15) is 17.0 Å². The normalized spacial score (nSPS) is 16.0. The minimum atomic E-state index is -0.0356. The number of hydrogen-bond acceptors (Lipinski definition) is 6. The zero-order valence-corrected chi connectivity index (χ0v) is 17.9. The molecule has 6 nitrogen and oxygen atoms in total. The van der Waals surface area contributed by atoms with Gasteiger partial charge >= 0.3 is 0 Å². The number of halogens is 1. The van der Waals surface area contributed by atoms with Crippen LogP contribution < -0.4 is 5.32 Å². The molecule has 4 rings (SSSR count). The van der Waals surface area contributed by atoms with Gasteiger partial charge in [0.05, 0.1) is 12.0 Å². The van der Waals surface area contributed by atoms with Crippen molar-refractivity contribution in [1.29, 1.82) is 0 Å². The molecule has 1 amide bonds. The molecule has 3 aromatic rings. The molecular formula is C20H21BrN4O2S. The molecular weight excluding hydrogens is 440 g/mol. The Morgan fingerprint density at radius 3 is 3.07 bits per heavy atom. The number of aryl methyl sites for hydroxylation is 1. The van der Waals surface area contributed by atoms with Crippen molar-refractivity contribution in [2.75, 3.05) is 25.5 Å². The average molecular weight is 461 g/mol. The molecule has 0 fully saturated rings. The predicted octanol–water partition coefficient (Wildman–Crippen LogP) is 3.75. The standard InChI is InChI=1S/C20H21BrN4O2S/c1-25(7-8-26)20(27)12-5-6-15-16(9-12)28-19-17(15)18(22-11-23-19)24-14-4-2-3-13(21)10-14/h2-4,10-12,26H,5-9H2,1H3,(H,22,23,24). The summed E-state index contributed by atoms with van der Waals surface area (Å²) < 4.78 is 1.00. The van der Waals surface area contributed by atoms with Gasteiger partial charge in [-0.1, -0.05) is 22.0 Å². The number of aliphatic hydroxyl groups is 1. The first-order valence-corrected chi connectivity index (χ1v) is 10.8. The Morgan fingerprint density at radius 1 is 1.43 bits per heavy atom. The van der Waals surface area contributed by atoms with Crippen LogP contribution >= 0.6 is 27.3 Å². The summed E-state index contributed by atoms with van der Waals surface area (Å²) in [6, 6.07) is 7.98. The first-order chi connectivity index (χ1) is 13.6. The summed E-state index contributed by atoms with van der Waals surface area (Å²) in [6.45, 7) is 0.365. The minimum Gasteiger partial charge on any atom is -0.395 e. The first-order valence-electron chi connectivity index (χ1n) is 9.20. The van der Waals surface area contributed by atoms with Crippen LogP contribution in [0.25, 0.3) is 10.2 Å². The van der Waals surface area contributed by atoms with Gasteiger partial charge in [-0.15, -0.1) is 11.3 Å². The highest BCUT2D eigenvalue weighted by Gasteiger charge is 2.30. The molecule has 0 aliphatic heterocycles. The molecule has 1 unspecified atom stereocenters. The van der Waals surface area contributed by atoms with Crippen molar-refractivity contribution in [3.8, 4) is 0 Å². The fourth-order valence-corrected chi connectivity index (χ4v) is 5.36. The van der Waals surface area contributed by atoms with E-state index in [0.29, 0.717) is 6.54 Å². The van der Waals surface area contributed by atoms with E-state index in [9.17, 15) is 4.79 Å². The van der Waals surface area contributed by atoms with Crippen LogP contribution in [0, 0.1) is 5.92 Å². The van der Waals surface area contributed by atoms with Crippen LogP contribution in [0.2, 0.25) is 0 Å². The Kier molecular flexibility index (Phi) is 5.61. The molecule has 0 saturated heterocycles. The monoisotopic (exact) mass is 460 g/mol. The quantitative estimate of drug-likeness (QED) is 0.605. The van der Waals surface area contributed by atoms with E-state index in [-0.39, 0.29) is 18.4 Å². The van der Waals surface area contributed by atoms with Crippen molar-refractivity contribution in [3.63, 3.8) is 0 Å². The Bertz CT molecular complexity index is 1020. The molecule has 1 aromatic carbocycles. The molecule has 1 aliphatic carbocycles. The zero-order chi connectivity index (χ0) is 19.7. The fourth-order valence-electron chi connectivity index (χ4n) is 3.69. The third-order valence-electron chi connectivity index (χ3n) is 5.09. The molecule has 1 aliphatic rings. The Balaban J connectivity index is 1.64. The number of likely N-dealkylation sites (N-methyl/N-ethyl adjacent to an activating group) is 1. The van der Waals surface area contributed by atoms with Crippen LogP contribution in [0.1, 0.15) is 16.9 Å². The summed E-state index contributed by atoms with van der Waals surface area (Å²) in [5, 5.41) is 13.6. The summed E-state index contributed by atoms with van der Waals surface area (Å²) in [4.78, 5) is 25.4. The largest absolute Gasteiger partial charge is 0.395 e. The van der Waals surface area contributed by atoms with Crippen molar-refractivity contribution < 1.29 is 9.90 Å². The number of nitrogens with zero attached hydrogens (tertiary/aromatic N) is 3. The van der Waals surface area contributed by atoms with Gasteiger partial charge in [0.15, 0.2) is 0 Å². The second-order valence-electron chi connectivity index (χ2n) is 6.96. The zero-order valence-electron chi connectivity index (χ0n) is 15.5. The highest BCUT2D eigenvalue weighted by Crippen LogP contribution is 2.40. The first kappa shape index (κ1) is 19.3. The fraction of sp³-hybridized carbons (Fsp3) is 0.350. The van der Waals surface area contributed by atoms with E-state index in [4.69, 9.17) is 5.11 Å². The lowest BCUT2D eigenvalue weighted by Crippen LogP contribution is -2.37. The number of rotatable bonds is 5. The number of nitrogens with one attached hydrogen (secondary N) is 1. The van der Waals surface area contributed by atoms with Crippen molar-refractivity contribution in [3.05, 3.63) is 45.5 Å². The van der Waals surface area contributed by atoms with Crippen LogP contribution in [-0.2, 0) is 17.6 Å². The third-order valence-corrected chi connectivity index (χ3v) is 6.75. The molecule has 0 radical (unpaired) electrons. The summed E-state index contributed by atoms with van der Waals surface area (Å²) in [5.41, 5.74) is 2.22. The SMILES string of the molecule is CN(CCO)C(=O)C1CCc2c(sc3ncnc(Nc4cccc(Br)c4)c23)C1. The van der Waals surface area contributed by atoms with Crippen LogP contribution in [0.15, 0.2) is 35.1 Å². The number of hydrogen-bond donors (Lipinski definition) is 2. The van der Waals surface area contributed by atoms with Crippen LogP contribution in [-0.4, -0.2) is 46.1 Å². The number of fused-ring (bicyclic) bond motifs is 3. The number of carbonyl (C=O) groups excluding carboxylic acids is 1. The lowest BCUT2D eigenvalue weighted by atomic mass is 9.87. The number of anilines is 2. The van der Waals surface area contributed by atoms with Gasteiger partial charge in [0, 0.05) is 34.5 Å². The second kappa shape index (κ2) is 8.14. The van der Waals surface area contributed by atoms with E-state index in [0.717, 1.165) is 45.5 Å². The molecule has 2 heterocycles. The molecule has 146 valence electrons. The van der Waals surface area contributed by atoms with Crippen LogP contribution in [0.3, 0.4) is 0 Å². The van der Waals surface area contributed by atoms with E-state index in [2.05, 4.69) is 31.2 Å². The smallest absolute Gasteiger partial charge is 0.225 e. The Labute approximate surface area is 175 Å². The van der Waals surface area contributed by atoms with E-state index in [1.807, 2.05) is 24.3 Å². The number of aromatic nitrogens is 2. The van der Waals surface area contributed by atoms with Crippen molar-refractivity contribution in [2.24, 2.45) is 5.92 Å². The van der Waals surface area contributed by atoms with Crippen molar-refractivity contribution in [2.45, 2.75) is 19.3 Å². The molecule has 0 spiro atoms. The molecule has 2 aromatic heterocycles.